The number of amides is 2. The molecule has 0 bridgehead atoms. The third kappa shape index (κ3) is 5.29. The van der Waals surface area contributed by atoms with Gasteiger partial charge in [0.25, 0.3) is 0 Å². The van der Waals surface area contributed by atoms with Crippen molar-refractivity contribution < 1.29 is 19.4 Å². The van der Waals surface area contributed by atoms with E-state index in [0.29, 0.717) is 36.7 Å². The molecule has 9 nitrogen and oxygen atoms in total. The number of aliphatic hydroxyl groups is 1. The summed E-state index contributed by atoms with van der Waals surface area (Å²) in [5.41, 5.74) is 1.35. The van der Waals surface area contributed by atoms with Crippen LogP contribution in [-0.2, 0) is 9.59 Å². The molecule has 4 atom stereocenters. The summed E-state index contributed by atoms with van der Waals surface area (Å²) in [6.45, 7) is 0.600. The van der Waals surface area contributed by atoms with Crippen molar-refractivity contribution in [1.82, 2.24) is 20.9 Å². The van der Waals surface area contributed by atoms with Crippen molar-refractivity contribution in [1.29, 1.82) is 5.26 Å². The lowest BCUT2D eigenvalue weighted by Gasteiger charge is -2.31. The van der Waals surface area contributed by atoms with E-state index < -0.39 is 18.3 Å². The molecule has 1 unspecified atom stereocenters. The maximum Gasteiger partial charge on any atom is 0.238 e. The molecule has 176 valence electrons. The molecule has 33 heavy (non-hydrogen) atoms. The van der Waals surface area contributed by atoms with Gasteiger partial charge in [-0.25, -0.2) is 0 Å². The van der Waals surface area contributed by atoms with Gasteiger partial charge in [0.05, 0.1) is 24.9 Å². The number of nitrogens with one attached hydrogen (secondary N) is 4. The van der Waals surface area contributed by atoms with Crippen LogP contribution in [0.25, 0.3) is 10.9 Å². The van der Waals surface area contributed by atoms with Gasteiger partial charge in [-0.1, -0.05) is 25.3 Å². The third-order valence-corrected chi connectivity index (χ3v) is 6.78. The lowest BCUT2D eigenvalue weighted by atomic mass is 9.80. The molecule has 1 saturated carbocycles. The second-order valence-electron chi connectivity index (χ2n) is 9.00. The molecular weight excluding hydrogens is 422 g/mol. The molecule has 1 aromatic carbocycles. The first kappa shape index (κ1) is 23.1. The fraction of sp³-hybridized carbons (Fsp3) is 0.542. The quantitative estimate of drug-likeness (QED) is 0.348. The molecule has 2 fully saturated rings. The number of carbonyl (C=O) groups is 2. The number of aromatic nitrogens is 1. The van der Waals surface area contributed by atoms with E-state index in [1.165, 1.54) is 0 Å². The van der Waals surface area contributed by atoms with Crippen LogP contribution in [0.3, 0.4) is 0 Å². The van der Waals surface area contributed by atoms with E-state index in [4.69, 9.17) is 4.74 Å². The number of nitriles is 1. The topological polar surface area (TPSA) is 139 Å². The monoisotopic (exact) mass is 453 g/mol. The molecular formula is C24H31N5O4. The van der Waals surface area contributed by atoms with Gasteiger partial charge in [-0.05, 0) is 43.4 Å². The zero-order chi connectivity index (χ0) is 23.4. The smallest absolute Gasteiger partial charge is 0.238 e. The van der Waals surface area contributed by atoms with Crippen molar-refractivity contribution in [3.63, 3.8) is 0 Å². The largest absolute Gasteiger partial charge is 0.496 e. The Hall–Kier alpha value is -3.09. The summed E-state index contributed by atoms with van der Waals surface area (Å²) in [7, 11) is 1.59. The Bertz CT molecular complexity index is 1040. The molecule has 2 aromatic rings. The summed E-state index contributed by atoms with van der Waals surface area (Å²) in [5.74, 6) is 0.431. The number of methoxy groups -OCH3 is 1. The van der Waals surface area contributed by atoms with Crippen LogP contribution in [0.4, 0.5) is 0 Å². The molecule has 1 aliphatic heterocycles. The third-order valence-electron chi connectivity index (χ3n) is 6.78. The number of carbonyl (C=O) groups excluding carboxylic acids is 2. The molecule has 0 radical (unpaired) electrons. The SMILES string of the molecule is COc1cccc2[nH]c(C(O)N[C@@H](CC3CCC3)C(=O)N[C@H](C#N)C[C@@H]3CCNC3=O)cc12. The molecule has 2 heterocycles. The van der Waals surface area contributed by atoms with Gasteiger partial charge in [-0.15, -0.1) is 0 Å². The molecule has 9 heteroatoms. The predicted octanol–water partition coefficient (Wildman–Crippen LogP) is 1.85. The van der Waals surface area contributed by atoms with Gasteiger partial charge in [0, 0.05) is 23.4 Å². The highest BCUT2D eigenvalue weighted by atomic mass is 16.5. The normalized spacial score (nSPS) is 21.0. The van der Waals surface area contributed by atoms with E-state index in [9.17, 15) is 20.0 Å². The van der Waals surface area contributed by atoms with E-state index in [2.05, 4.69) is 27.0 Å². The number of nitrogens with zero attached hydrogens (tertiary/aromatic N) is 1. The minimum atomic E-state index is -1.10. The van der Waals surface area contributed by atoms with Crippen LogP contribution in [0.2, 0.25) is 0 Å². The second-order valence-corrected chi connectivity index (χ2v) is 9.00. The Kier molecular flexibility index (Phi) is 7.16. The highest BCUT2D eigenvalue weighted by Gasteiger charge is 2.32. The summed E-state index contributed by atoms with van der Waals surface area (Å²) in [6.07, 6.45) is 3.67. The summed E-state index contributed by atoms with van der Waals surface area (Å²) in [5, 5.41) is 29.9. The van der Waals surface area contributed by atoms with E-state index in [1.807, 2.05) is 18.2 Å². The molecule has 4 rings (SSSR count). The van der Waals surface area contributed by atoms with E-state index in [1.54, 1.807) is 13.2 Å². The number of hydrogen-bond donors (Lipinski definition) is 5. The summed E-state index contributed by atoms with van der Waals surface area (Å²) in [6, 6.07) is 8.10. The zero-order valence-corrected chi connectivity index (χ0v) is 18.8. The van der Waals surface area contributed by atoms with Gasteiger partial charge in [0.1, 0.15) is 18.0 Å². The van der Waals surface area contributed by atoms with Crippen LogP contribution in [-0.4, -0.2) is 47.6 Å². The molecule has 2 amide bonds. The molecule has 1 aliphatic carbocycles. The van der Waals surface area contributed by atoms with Crippen molar-refractivity contribution in [2.24, 2.45) is 11.8 Å². The fourth-order valence-corrected chi connectivity index (χ4v) is 4.64. The Morgan fingerprint density at radius 2 is 2.15 bits per heavy atom. The molecule has 0 spiro atoms. The second kappa shape index (κ2) is 10.2. The number of hydrogen-bond acceptors (Lipinski definition) is 6. The Morgan fingerprint density at radius 3 is 2.79 bits per heavy atom. The molecule has 5 N–H and O–H groups in total. The van der Waals surface area contributed by atoms with Crippen molar-refractivity contribution >= 4 is 22.7 Å². The van der Waals surface area contributed by atoms with Crippen LogP contribution in [0.15, 0.2) is 24.3 Å². The van der Waals surface area contributed by atoms with Crippen LogP contribution < -0.4 is 20.7 Å². The minimum Gasteiger partial charge on any atom is -0.496 e. The van der Waals surface area contributed by atoms with Crippen molar-refractivity contribution in [3.05, 3.63) is 30.0 Å². The average Bonchev–Trinajstić information content (AvgIpc) is 3.40. The summed E-state index contributed by atoms with van der Waals surface area (Å²) >= 11 is 0. The minimum absolute atomic E-state index is 0.0710. The maximum absolute atomic E-state index is 13.1. The van der Waals surface area contributed by atoms with Gasteiger partial charge in [0.15, 0.2) is 0 Å². The highest BCUT2D eigenvalue weighted by Crippen LogP contribution is 2.32. The van der Waals surface area contributed by atoms with Gasteiger partial charge >= 0.3 is 0 Å². The Labute approximate surface area is 192 Å². The van der Waals surface area contributed by atoms with E-state index >= 15 is 0 Å². The first-order chi connectivity index (χ1) is 16.0. The van der Waals surface area contributed by atoms with Crippen LogP contribution in [0, 0.1) is 23.2 Å². The van der Waals surface area contributed by atoms with Crippen molar-refractivity contribution in [3.8, 4) is 11.8 Å². The van der Waals surface area contributed by atoms with E-state index in [0.717, 1.165) is 30.2 Å². The standard InChI is InChI=1S/C24H31N5O4/c1-33-21-7-3-6-18-17(21)12-20(28-18)24(32)29-19(10-14-4-2-5-14)23(31)27-16(13-25)11-15-8-9-26-22(15)30/h3,6-7,12,14-16,19,24,28-29,32H,2,4-5,8-11H2,1H3,(H,26,30)(H,27,31)/t15-,16-,19-,24?/m0/s1. The number of aromatic amines is 1. The molecule has 1 saturated heterocycles. The van der Waals surface area contributed by atoms with Gasteiger partial charge in [0.2, 0.25) is 11.8 Å². The predicted molar refractivity (Wildman–Crippen MR) is 122 cm³/mol. The molecule has 1 aromatic heterocycles. The highest BCUT2D eigenvalue weighted by molar-refractivity contribution is 5.87. The van der Waals surface area contributed by atoms with Gasteiger partial charge in [-0.2, -0.15) is 5.26 Å². The van der Waals surface area contributed by atoms with Crippen LogP contribution >= 0.6 is 0 Å². The lowest BCUT2D eigenvalue weighted by Crippen LogP contribution is -2.50. The number of H-pyrrole nitrogens is 1. The zero-order valence-electron chi connectivity index (χ0n) is 18.8. The summed E-state index contributed by atoms with van der Waals surface area (Å²) in [4.78, 5) is 28.2. The molecule has 2 aliphatic rings. The van der Waals surface area contributed by atoms with Crippen LogP contribution in [0.5, 0.6) is 5.75 Å². The average molecular weight is 454 g/mol. The number of fused-ring (bicyclic) bond motifs is 1. The lowest BCUT2D eigenvalue weighted by molar-refractivity contribution is -0.126. The van der Waals surface area contributed by atoms with Crippen molar-refractivity contribution in [2.45, 2.75) is 56.8 Å². The number of benzene rings is 1. The van der Waals surface area contributed by atoms with Crippen LogP contribution in [0.1, 0.15) is 50.4 Å². The maximum atomic E-state index is 13.1. The Morgan fingerprint density at radius 1 is 1.33 bits per heavy atom. The summed E-state index contributed by atoms with van der Waals surface area (Å²) < 4.78 is 5.39. The van der Waals surface area contributed by atoms with Gasteiger partial charge in [-0.3, -0.25) is 14.9 Å². The first-order valence-corrected chi connectivity index (χ1v) is 11.6. The number of ether oxygens (including phenoxy) is 1. The number of rotatable bonds is 10. The van der Waals surface area contributed by atoms with Crippen molar-refractivity contribution in [2.75, 3.05) is 13.7 Å². The number of aliphatic hydroxyl groups excluding tert-OH is 1. The van der Waals surface area contributed by atoms with Gasteiger partial charge < -0.3 is 25.5 Å². The fourth-order valence-electron chi connectivity index (χ4n) is 4.64. The first-order valence-electron chi connectivity index (χ1n) is 11.6. The Balaban J connectivity index is 1.45. The van der Waals surface area contributed by atoms with E-state index in [-0.39, 0.29) is 24.2 Å².